The van der Waals surface area contributed by atoms with E-state index < -0.39 is 30.2 Å². The van der Waals surface area contributed by atoms with E-state index in [2.05, 4.69) is 4.74 Å². The van der Waals surface area contributed by atoms with Crippen LogP contribution in [0, 0.1) is 0 Å². The Hall–Kier alpha value is -1.56. The van der Waals surface area contributed by atoms with Crippen LogP contribution in [0.15, 0.2) is 24.3 Å². The van der Waals surface area contributed by atoms with Crippen LogP contribution in [0.3, 0.4) is 0 Å². The van der Waals surface area contributed by atoms with E-state index in [9.17, 15) is 18.0 Å². The zero-order chi connectivity index (χ0) is 13.8. The molecule has 0 amide bonds. The first-order valence-electron chi connectivity index (χ1n) is 5.26. The van der Waals surface area contributed by atoms with E-state index in [1.165, 1.54) is 18.2 Å². The van der Waals surface area contributed by atoms with Gasteiger partial charge in [0.1, 0.15) is 6.61 Å². The Labute approximate surface area is 102 Å². The molecule has 0 aliphatic rings. The van der Waals surface area contributed by atoms with Crippen molar-refractivity contribution in [2.75, 3.05) is 13.2 Å². The fraction of sp³-hybridized carbons (Fsp3) is 0.417. The largest absolute Gasteiger partial charge is 0.465 e. The first kappa shape index (κ1) is 14.5. The van der Waals surface area contributed by atoms with E-state index in [1.807, 2.05) is 0 Å². The van der Waals surface area contributed by atoms with Gasteiger partial charge in [0, 0.05) is 12.8 Å². The molecule has 3 nitrogen and oxygen atoms in total. The Morgan fingerprint density at radius 1 is 1.39 bits per heavy atom. The topological polar surface area (TPSA) is 46.5 Å². The minimum atomic E-state index is -4.50. The highest BCUT2D eigenvalue weighted by Crippen LogP contribution is 2.35. The maximum atomic E-state index is 12.8. The van der Waals surface area contributed by atoms with E-state index in [0.717, 1.165) is 13.0 Å². The number of aliphatic hydroxyl groups excluding tert-OH is 1. The molecule has 18 heavy (non-hydrogen) atoms. The second-order valence-corrected chi connectivity index (χ2v) is 3.77. The Kier molecular flexibility index (Phi) is 4.72. The van der Waals surface area contributed by atoms with Crippen LogP contribution in [0.4, 0.5) is 13.2 Å². The summed E-state index contributed by atoms with van der Waals surface area (Å²) in [5.74, 6) is -1.48. The highest BCUT2D eigenvalue weighted by atomic mass is 19.4. The van der Waals surface area contributed by atoms with Gasteiger partial charge in [0.25, 0.3) is 0 Å². The summed E-state index contributed by atoms with van der Waals surface area (Å²) < 4.78 is 42.9. The van der Waals surface area contributed by atoms with Crippen LogP contribution in [-0.2, 0) is 15.7 Å². The normalized spacial score (nSPS) is 13.2. The smallest absolute Gasteiger partial charge is 0.416 e. The van der Waals surface area contributed by atoms with Gasteiger partial charge in [-0.3, -0.25) is 4.79 Å². The molecule has 1 atom stereocenters. The number of esters is 1. The van der Waals surface area contributed by atoms with Gasteiger partial charge in [-0.05, 0) is 11.6 Å². The SMILES string of the molecule is CC(=O)OC[C@@H](CO)c1ccccc1C(F)(F)F. The lowest BCUT2D eigenvalue weighted by Crippen LogP contribution is -2.19. The monoisotopic (exact) mass is 262 g/mol. The van der Waals surface area contributed by atoms with Crippen LogP contribution in [0.2, 0.25) is 0 Å². The van der Waals surface area contributed by atoms with Crippen molar-refractivity contribution in [1.82, 2.24) is 0 Å². The molecule has 0 saturated carbocycles. The number of alkyl halides is 3. The van der Waals surface area contributed by atoms with Gasteiger partial charge in [-0.15, -0.1) is 0 Å². The van der Waals surface area contributed by atoms with Crippen LogP contribution >= 0.6 is 0 Å². The molecule has 1 N–H and O–H groups in total. The average molecular weight is 262 g/mol. The molecule has 1 aromatic carbocycles. The highest BCUT2D eigenvalue weighted by molar-refractivity contribution is 5.66. The number of benzene rings is 1. The number of ether oxygens (including phenoxy) is 1. The van der Waals surface area contributed by atoms with Crippen molar-refractivity contribution in [2.24, 2.45) is 0 Å². The third-order valence-corrected chi connectivity index (χ3v) is 2.41. The Morgan fingerprint density at radius 3 is 2.50 bits per heavy atom. The molecule has 0 heterocycles. The average Bonchev–Trinajstić information content (AvgIpc) is 2.29. The Morgan fingerprint density at radius 2 is 2.00 bits per heavy atom. The van der Waals surface area contributed by atoms with E-state index in [1.54, 1.807) is 0 Å². The first-order chi connectivity index (χ1) is 8.36. The maximum Gasteiger partial charge on any atom is 0.416 e. The molecule has 0 saturated heterocycles. The summed E-state index contributed by atoms with van der Waals surface area (Å²) in [6.45, 7) is 0.351. The van der Waals surface area contributed by atoms with E-state index in [-0.39, 0.29) is 12.2 Å². The fourth-order valence-corrected chi connectivity index (χ4v) is 1.57. The van der Waals surface area contributed by atoms with Crippen molar-refractivity contribution in [3.63, 3.8) is 0 Å². The molecule has 0 bridgehead atoms. The van der Waals surface area contributed by atoms with Crippen LogP contribution in [0.1, 0.15) is 24.0 Å². The predicted molar refractivity (Wildman–Crippen MR) is 57.9 cm³/mol. The first-order valence-corrected chi connectivity index (χ1v) is 5.26. The highest BCUT2D eigenvalue weighted by Gasteiger charge is 2.34. The molecule has 0 unspecified atom stereocenters. The van der Waals surface area contributed by atoms with Crippen molar-refractivity contribution >= 4 is 5.97 Å². The molecule has 1 aromatic rings. The molecule has 0 aromatic heterocycles. The third-order valence-electron chi connectivity index (χ3n) is 2.41. The lowest BCUT2D eigenvalue weighted by atomic mass is 9.95. The van der Waals surface area contributed by atoms with Crippen LogP contribution in [-0.4, -0.2) is 24.3 Å². The van der Waals surface area contributed by atoms with Gasteiger partial charge in [0.2, 0.25) is 0 Å². The minimum Gasteiger partial charge on any atom is -0.465 e. The fourth-order valence-electron chi connectivity index (χ4n) is 1.57. The quantitative estimate of drug-likeness (QED) is 0.847. The number of halogens is 3. The number of aliphatic hydroxyl groups is 1. The summed E-state index contributed by atoms with van der Waals surface area (Å²) in [6, 6.07) is 4.92. The van der Waals surface area contributed by atoms with Crippen molar-refractivity contribution in [1.29, 1.82) is 0 Å². The molecule has 0 aliphatic heterocycles. The summed E-state index contributed by atoms with van der Waals surface area (Å²) in [4.78, 5) is 10.7. The number of carbonyl (C=O) groups excluding carboxylic acids is 1. The van der Waals surface area contributed by atoms with Crippen molar-refractivity contribution in [3.05, 3.63) is 35.4 Å². The van der Waals surface area contributed by atoms with Gasteiger partial charge >= 0.3 is 12.1 Å². The van der Waals surface area contributed by atoms with Gasteiger partial charge < -0.3 is 9.84 Å². The van der Waals surface area contributed by atoms with Gasteiger partial charge in [-0.25, -0.2) is 0 Å². The summed E-state index contributed by atoms with van der Waals surface area (Å²) in [7, 11) is 0. The van der Waals surface area contributed by atoms with Crippen LogP contribution in [0.25, 0.3) is 0 Å². The number of hydrogen-bond donors (Lipinski definition) is 1. The van der Waals surface area contributed by atoms with E-state index in [0.29, 0.717) is 0 Å². The molecule has 1 rings (SSSR count). The number of hydrogen-bond acceptors (Lipinski definition) is 3. The summed E-state index contributed by atoms with van der Waals surface area (Å²) in [5, 5.41) is 9.12. The second-order valence-electron chi connectivity index (χ2n) is 3.77. The summed E-state index contributed by atoms with van der Waals surface area (Å²) in [6.07, 6.45) is -4.50. The van der Waals surface area contributed by atoms with Crippen molar-refractivity contribution < 1.29 is 27.8 Å². The van der Waals surface area contributed by atoms with Gasteiger partial charge in [0.05, 0.1) is 12.2 Å². The standard InChI is InChI=1S/C12H13F3O3/c1-8(17)18-7-9(6-16)10-4-2-3-5-11(10)12(13,14)15/h2-5,9,16H,6-7H2,1H3/t9-/m1/s1. The number of rotatable bonds is 4. The zero-order valence-corrected chi connectivity index (χ0v) is 9.70. The van der Waals surface area contributed by atoms with Crippen LogP contribution < -0.4 is 0 Å². The van der Waals surface area contributed by atoms with E-state index >= 15 is 0 Å². The second kappa shape index (κ2) is 5.86. The predicted octanol–water partition coefficient (Wildman–Crippen LogP) is 2.34. The van der Waals surface area contributed by atoms with Gasteiger partial charge in [-0.2, -0.15) is 13.2 Å². The third kappa shape index (κ3) is 3.73. The van der Waals surface area contributed by atoms with Crippen LogP contribution in [0.5, 0.6) is 0 Å². The van der Waals surface area contributed by atoms with Gasteiger partial charge in [0.15, 0.2) is 0 Å². The van der Waals surface area contributed by atoms with Crippen molar-refractivity contribution in [2.45, 2.75) is 19.0 Å². The maximum absolute atomic E-state index is 12.8. The molecular weight excluding hydrogens is 249 g/mol. The lowest BCUT2D eigenvalue weighted by Gasteiger charge is -2.19. The lowest BCUT2D eigenvalue weighted by molar-refractivity contribution is -0.142. The Bertz CT molecular complexity index is 415. The van der Waals surface area contributed by atoms with E-state index in [4.69, 9.17) is 5.11 Å². The molecule has 100 valence electrons. The summed E-state index contributed by atoms with van der Waals surface area (Å²) in [5.41, 5.74) is -0.898. The molecule has 0 aliphatic carbocycles. The molecule has 6 heteroatoms. The van der Waals surface area contributed by atoms with Gasteiger partial charge in [-0.1, -0.05) is 18.2 Å². The summed E-state index contributed by atoms with van der Waals surface area (Å²) >= 11 is 0. The Balaban J connectivity index is 3.02. The minimum absolute atomic E-state index is 0.0752. The molecular formula is C12H13F3O3. The zero-order valence-electron chi connectivity index (χ0n) is 9.70. The molecule has 0 fully saturated rings. The molecule has 0 spiro atoms. The number of carbonyl (C=O) groups is 1. The van der Waals surface area contributed by atoms with Crippen molar-refractivity contribution in [3.8, 4) is 0 Å². The molecule has 0 radical (unpaired) electrons.